The van der Waals surface area contributed by atoms with Gasteiger partial charge in [-0.2, -0.15) is 0 Å². The summed E-state index contributed by atoms with van der Waals surface area (Å²) in [6, 6.07) is 4.16. The van der Waals surface area contributed by atoms with Gasteiger partial charge < -0.3 is 45.5 Å². The molecule has 1 fully saturated rings. The molecule has 0 bridgehead atoms. The maximum atomic E-state index is 13.2. The Bertz CT molecular complexity index is 1380. The number of aliphatic hydroxyl groups excluding tert-OH is 2. The fourth-order valence-corrected chi connectivity index (χ4v) is 5.43. The molecule has 5 atom stereocenters. The molecule has 2 aromatic carbocycles. The molecule has 242 valence electrons. The molecule has 3 aliphatic rings. The number of nitrogens with two attached hydrogens (primary N) is 1. The largest absolute Gasteiger partial charge is 0.507 e. The molecule has 1 saturated heterocycles. The number of hydrogen-bond donors (Lipinski definition) is 6. The number of benzene rings is 2. The summed E-state index contributed by atoms with van der Waals surface area (Å²) in [6.07, 6.45) is 0.842. The van der Waals surface area contributed by atoms with Crippen LogP contribution in [0.25, 0.3) is 0 Å². The minimum atomic E-state index is -1.80. The fourth-order valence-electron chi connectivity index (χ4n) is 5.43. The van der Waals surface area contributed by atoms with E-state index in [1.54, 1.807) is 13.0 Å². The smallest absolute Gasteiger partial charge is 0.202 e. The predicted molar refractivity (Wildman–Crippen MR) is 159 cm³/mol. The van der Waals surface area contributed by atoms with E-state index in [2.05, 4.69) is 13.8 Å². The molecule has 1 aliphatic heterocycles. The highest BCUT2D eigenvalue weighted by Gasteiger charge is 2.45. The first kappa shape index (κ1) is 35.1. The van der Waals surface area contributed by atoms with Crippen LogP contribution in [0.4, 0.5) is 0 Å². The average Bonchev–Trinajstić information content (AvgIpc) is 3.00. The van der Waals surface area contributed by atoms with Gasteiger partial charge in [-0.3, -0.25) is 14.4 Å². The second-order valence-corrected chi connectivity index (χ2v) is 11.2. The zero-order valence-electron chi connectivity index (χ0n) is 25.8. The number of unbranched alkanes of at least 4 members (excludes halogenated alkanes) is 1. The van der Waals surface area contributed by atoms with Crippen molar-refractivity contribution >= 4 is 17.3 Å². The average molecular weight is 618 g/mol. The molecule has 0 amide bonds. The van der Waals surface area contributed by atoms with Crippen LogP contribution in [0.15, 0.2) is 18.2 Å². The van der Waals surface area contributed by atoms with Gasteiger partial charge in [-0.05, 0) is 25.8 Å². The van der Waals surface area contributed by atoms with E-state index in [4.69, 9.17) is 25.1 Å². The van der Waals surface area contributed by atoms with Gasteiger partial charge in [0.15, 0.2) is 17.9 Å². The lowest BCUT2D eigenvalue weighted by molar-refractivity contribution is -0.198. The molecule has 7 N–H and O–H groups in total. The quantitative estimate of drug-likeness (QED) is 0.227. The van der Waals surface area contributed by atoms with Gasteiger partial charge in [-0.1, -0.05) is 38.8 Å². The third-order valence-corrected chi connectivity index (χ3v) is 8.15. The summed E-state index contributed by atoms with van der Waals surface area (Å²) < 4.78 is 14.9. The number of ketones is 3. The number of methoxy groups -OCH3 is 2. The summed E-state index contributed by atoms with van der Waals surface area (Å²) in [7, 11) is 2.69. The van der Waals surface area contributed by atoms with Gasteiger partial charge in [0, 0.05) is 42.7 Å². The number of carbonyl (C=O) groups is 3. The number of ether oxygens (including phenoxy) is 3. The van der Waals surface area contributed by atoms with Crippen molar-refractivity contribution < 1.29 is 54.1 Å². The van der Waals surface area contributed by atoms with Crippen LogP contribution >= 0.6 is 0 Å². The molecule has 5 rings (SSSR count). The van der Waals surface area contributed by atoms with E-state index in [1.807, 2.05) is 0 Å². The second kappa shape index (κ2) is 14.6. The Hall–Kier alpha value is -3.39. The van der Waals surface area contributed by atoms with E-state index >= 15 is 0 Å². The summed E-state index contributed by atoms with van der Waals surface area (Å²) in [5.74, 6) is -2.59. The summed E-state index contributed by atoms with van der Waals surface area (Å²) in [5, 5.41) is 50.7. The highest BCUT2D eigenvalue weighted by Crippen LogP contribution is 2.48. The number of hydrogen-bond acceptors (Lipinski definition) is 12. The highest BCUT2D eigenvalue weighted by molar-refractivity contribution is 6.31. The molecule has 0 spiro atoms. The van der Waals surface area contributed by atoms with Crippen LogP contribution in [0.3, 0.4) is 0 Å². The minimum absolute atomic E-state index is 0.0178. The molecule has 2 aromatic rings. The molecule has 2 aliphatic carbocycles. The van der Waals surface area contributed by atoms with Crippen LogP contribution in [0.2, 0.25) is 0 Å². The molecule has 0 aromatic heterocycles. The third-order valence-electron chi connectivity index (χ3n) is 8.15. The van der Waals surface area contributed by atoms with Crippen molar-refractivity contribution in [1.82, 2.24) is 0 Å². The van der Waals surface area contributed by atoms with Crippen LogP contribution in [-0.2, 0) is 27.1 Å². The number of aromatic hydroxyl groups is 2. The maximum Gasteiger partial charge on any atom is 0.202 e. The number of aliphatic hydroxyl groups is 3. The van der Waals surface area contributed by atoms with E-state index in [1.165, 1.54) is 39.2 Å². The van der Waals surface area contributed by atoms with Gasteiger partial charge in [-0.25, -0.2) is 0 Å². The van der Waals surface area contributed by atoms with Gasteiger partial charge in [0.05, 0.1) is 36.0 Å². The molecule has 12 nitrogen and oxygen atoms in total. The molecule has 0 radical (unpaired) electrons. The topological polar surface area (TPSA) is 206 Å². The number of rotatable bonds is 5. The van der Waals surface area contributed by atoms with Crippen molar-refractivity contribution in [1.29, 1.82) is 0 Å². The maximum absolute atomic E-state index is 13.2. The molecule has 4 unspecified atom stereocenters. The Morgan fingerprint density at radius 1 is 1.02 bits per heavy atom. The molecular formula is C32H43NO11. The fraction of sp³-hybridized carbons (Fsp3) is 0.531. The Morgan fingerprint density at radius 3 is 2.20 bits per heavy atom. The molecular weight excluding hydrogens is 574 g/mol. The lowest BCUT2D eigenvalue weighted by Crippen LogP contribution is -2.51. The Balaban J connectivity index is 0.000000314. The third kappa shape index (κ3) is 6.80. The zero-order chi connectivity index (χ0) is 32.9. The van der Waals surface area contributed by atoms with E-state index in [9.17, 15) is 34.8 Å². The molecule has 12 heteroatoms. The van der Waals surface area contributed by atoms with Crippen LogP contribution in [-0.4, -0.2) is 93.8 Å². The number of phenolic OH excluding ortho intramolecular Hbond substituents is 2. The molecule has 44 heavy (non-hydrogen) atoms. The first-order valence-corrected chi connectivity index (χ1v) is 14.7. The van der Waals surface area contributed by atoms with E-state index in [0.717, 1.165) is 0 Å². The van der Waals surface area contributed by atoms with Crippen LogP contribution in [0.5, 0.6) is 17.2 Å². The summed E-state index contributed by atoms with van der Waals surface area (Å²) >= 11 is 0. The first-order chi connectivity index (χ1) is 20.8. The van der Waals surface area contributed by atoms with Crippen molar-refractivity contribution in [2.45, 2.75) is 89.4 Å². The number of phenols is 2. The predicted octanol–water partition coefficient (Wildman–Crippen LogP) is 1.93. The Morgan fingerprint density at radius 2 is 1.64 bits per heavy atom. The Kier molecular flexibility index (Phi) is 11.6. The Labute approximate surface area is 256 Å². The van der Waals surface area contributed by atoms with Crippen molar-refractivity contribution in [3.05, 3.63) is 51.6 Å². The minimum Gasteiger partial charge on any atom is -0.507 e. The van der Waals surface area contributed by atoms with Crippen LogP contribution < -0.4 is 10.5 Å². The van der Waals surface area contributed by atoms with Crippen molar-refractivity contribution in [2.75, 3.05) is 20.8 Å². The van der Waals surface area contributed by atoms with Gasteiger partial charge in [-0.15, -0.1) is 0 Å². The van der Waals surface area contributed by atoms with E-state index in [-0.39, 0.29) is 77.1 Å². The number of carbonyl (C=O) groups excluding carboxylic acids is 3. The van der Waals surface area contributed by atoms with Crippen LogP contribution in [0.1, 0.15) is 89.4 Å². The summed E-state index contributed by atoms with van der Waals surface area (Å²) in [5.41, 5.74) is 3.43. The monoisotopic (exact) mass is 617 g/mol. The lowest BCUT2D eigenvalue weighted by atomic mass is 9.73. The highest BCUT2D eigenvalue weighted by atomic mass is 16.6. The second-order valence-electron chi connectivity index (χ2n) is 11.2. The van der Waals surface area contributed by atoms with E-state index < -0.39 is 46.8 Å². The van der Waals surface area contributed by atoms with Gasteiger partial charge in [0.25, 0.3) is 0 Å². The van der Waals surface area contributed by atoms with Crippen molar-refractivity contribution in [2.24, 2.45) is 5.73 Å². The lowest BCUT2D eigenvalue weighted by Gasteiger charge is -2.34. The summed E-state index contributed by atoms with van der Waals surface area (Å²) in [6.45, 7) is 5.74. The van der Waals surface area contributed by atoms with Gasteiger partial charge in [0.1, 0.15) is 29.5 Å². The van der Waals surface area contributed by atoms with Gasteiger partial charge >= 0.3 is 0 Å². The molecule has 0 saturated carbocycles. The standard InChI is InChI=1S/C22H20O8.C6H13NO3.C4H10/c1-29-9-14(23)22(28)7-6-10-12(8-22)20(26)16-17(18(10)24)21(27)15-11(19(16)25)4-3-5-13(15)30-2;1-3-6(9)4(7)2-5(8)10-3;1-3-4-2/h3-5,24,26,28H,6-9H2,1-2H3;3-6,8-9H,2,7H2,1H3;3-4H2,1-2H3/t22-;;/m1../s1. The van der Waals surface area contributed by atoms with Crippen molar-refractivity contribution in [3.8, 4) is 17.2 Å². The van der Waals surface area contributed by atoms with E-state index in [0.29, 0.717) is 6.42 Å². The molecule has 1 heterocycles. The normalized spacial score (nSPS) is 25.3. The number of fused-ring (bicyclic) bond motifs is 3. The zero-order valence-corrected chi connectivity index (χ0v) is 25.8. The van der Waals surface area contributed by atoms with Crippen molar-refractivity contribution in [3.63, 3.8) is 0 Å². The van der Waals surface area contributed by atoms with Crippen LogP contribution in [0, 0.1) is 0 Å². The van der Waals surface area contributed by atoms with Gasteiger partial charge in [0.2, 0.25) is 5.78 Å². The summed E-state index contributed by atoms with van der Waals surface area (Å²) in [4.78, 5) is 38.7. The SMILES string of the molecule is CC1OC(O)CC(N)C1O.CCCC.COCC(=O)[C@@]1(O)CCc2c(O)c3c(c(O)c2C1)C(=O)c1cccc(OC)c1C3=O. The first-order valence-electron chi connectivity index (χ1n) is 14.7. The number of Topliss-reactive ketones (excluding diaryl/α,β-unsaturated/α-hetero) is 1.